The molecular weight excluding hydrogens is 368 g/mol. The molecule has 1 amide bonds. The summed E-state index contributed by atoms with van der Waals surface area (Å²) in [7, 11) is 0. The van der Waals surface area contributed by atoms with Crippen LogP contribution in [0.2, 0.25) is 0 Å². The van der Waals surface area contributed by atoms with Crippen molar-refractivity contribution < 1.29 is 9.53 Å². The number of carbonyl (C=O) groups excluding carboxylic acids is 1. The summed E-state index contributed by atoms with van der Waals surface area (Å²) >= 11 is 0. The maximum Gasteiger partial charge on any atom is 0.270 e. The van der Waals surface area contributed by atoms with E-state index in [4.69, 9.17) is 4.74 Å². The minimum atomic E-state index is -0.180. The molecular formula is C21H26N6O2. The number of para-hydroxylation sites is 1. The molecule has 1 saturated heterocycles. The molecule has 0 radical (unpaired) electrons. The average Bonchev–Trinajstić information content (AvgIpc) is 3.18. The van der Waals surface area contributed by atoms with E-state index in [1.54, 1.807) is 12.3 Å². The molecule has 3 aromatic rings. The number of benzene rings is 1. The predicted octanol–water partition coefficient (Wildman–Crippen LogP) is 1.67. The summed E-state index contributed by atoms with van der Waals surface area (Å²) in [6.45, 7) is 5.43. The van der Waals surface area contributed by atoms with Gasteiger partial charge in [0.1, 0.15) is 5.69 Å². The molecule has 8 nitrogen and oxygen atoms in total. The standard InChI is InChI=1S/C21H26N6O2/c28-20(22-9-10-27-11-13-29-14-12-27)19-6-8-24-21(26-19)23-7-5-16-15-25-18-4-2-1-3-17(16)18/h1-4,6,8,15,25H,5,7,9-14H2,(H,22,28)(H,23,24,26). The van der Waals surface area contributed by atoms with Crippen LogP contribution in [-0.4, -0.2) is 71.7 Å². The summed E-state index contributed by atoms with van der Waals surface area (Å²) < 4.78 is 5.33. The van der Waals surface area contributed by atoms with Gasteiger partial charge in [0.15, 0.2) is 0 Å². The van der Waals surface area contributed by atoms with Gasteiger partial charge < -0.3 is 20.4 Å². The third kappa shape index (κ3) is 5.10. The molecule has 29 heavy (non-hydrogen) atoms. The molecule has 152 valence electrons. The van der Waals surface area contributed by atoms with E-state index >= 15 is 0 Å². The molecule has 8 heteroatoms. The molecule has 1 aliphatic heterocycles. The third-order valence-electron chi connectivity index (χ3n) is 5.06. The zero-order valence-electron chi connectivity index (χ0n) is 16.4. The average molecular weight is 394 g/mol. The monoisotopic (exact) mass is 394 g/mol. The first-order chi connectivity index (χ1) is 14.3. The zero-order chi connectivity index (χ0) is 19.9. The molecule has 0 spiro atoms. The van der Waals surface area contributed by atoms with Crippen LogP contribution in [0.1, 0.15) is 16.1 Å². The Labute approximate surface area is 169 Å². The van der Waals surface area contributed by atoms with Crippen LogP contribution in [0.5, 0.6) is 0 Å². The Bertz CT molecular complexity index is 951. The molecule has 3 heterocycles. The Morgan fingerprint density at radius 1 is 1.17 bits per heavy atom. The largest absolute Gasteiger partial charge is 0.379 e. The first kappa shape index (κ1) is 19.4. The van der Waals surface area contributed by atoms with Gasteiger partial charge in [0.2, 0.25) is 5.95 Å². The van der Waals surface area contributed by atoms with E-state index in [0.29, 0.717) is 24.7 Å². The lowest BCUT2D eigenvalue weighted by Crippen LogP contribution is -2.41. The number of amides is 1. The number of rotatable bonds is 8. The third-order valence-corrected chi connectivity index (χ3v) is 5.06. The molecule has 4 rings (SSSR count). The molecule has 0 aliphatic carbocycles. The van der Waals surface area contributed by atoms with E-state index in [-0.39, 0.29) is 5.91 Å². The van der Waals surface area contributed by atoms with Gasteiger partial charge in [-0.3, -0.25) is 9.69 Å². The van der Waals surface area contributed by atoms with Crippen molar-refractivity contribution in [3.63, 3.8) is 0 Å². The normalized spacial score (nSPS) is 14.8. The van der Waals surface area contributed by atoms with Crippen molar-refractivity contribution in [1.82, 2.24) is 25.2 Å². The number of morpholine rings is 1. The van der Waals surface area contributed by atoms with Crippen molar-refractivity contribution in [3.05, 3.63) is 54.0 Å². The van der Waals surface area contributed by atoms with Crippen molar-refractivity contribution in [2.24, 2.45) is 0 Å². The van der Waals surface area contributed by atoms with Crippen molar-refractivity contribution >= 4 is 22.8 Å². The topological polar surface area (TPSA) is 95.2 Å². The lowest BCUT2D eigenvalue weighted by molar-refractivity contribution is 0.0383. The molecule has 2 aromatic heterocycles. The van der Waals surface area contributed by atoms with Gasteiger partial charge in [0.25, 0.3) is 5.91 Å². The van der Waals surface area contributed by atoms with Crippen LogP contribution in [-0.2, 0) is 11.2 Å². The second kappa shape index (κ2) is 9.49. The van der Waals surface area contributed by atoms with E-state index in [1.807, 2.05) is 18.3 Å². The Morgan fingerprint density at radius 2 is 2.03 bits per heavy atom. The highest BCUT2D eigenvalue weighted by molar-refractivity contribution is 5.92. The Balaban J connectivity index is 1.26. The number of hydrogen-bond acceptors (Lipinski definition) is 6. The summed E-state index contributed by atoms with van der Waals surface area (Å²) in [5.41, 5.74) is 2.75. The van der Waals surface area contributed by atoms with Gasteiger partial charge in [-0.25, -0.2) is 9.97 Å². The fourth-order valence-electron chi connectivity index (χ4n) is 3.46. The van der Waals surface area contributed by atoms with Crippen LogP contribution in [0.4, 0.5) is 5.95 Å². The highest BCUT2D eigenvalue weighted by Crippen LogP contribution is 2.18. The van der Waals surface area contributed by atoms with Crippen molar-refractivity contribution in [3.8, 4) is 0 Å². The number of nitrogens with one attached hydrogen (secondary N) is 3. The van der Waals surface area contributed by atoms with E-state index in [2.05, 4.69) is 42.6 Å². The second-order valence-corrected chi connectivity index (χ2v) is 7.01. The molecule has 0 saturated carbocycles. The molecule has 1 fully saturated rings. The quantitative estimate of drug-likeness (QED) is 0.538. The SMILES string of the molecule is O=C(NCCN1CCOCC1)c1ccnc(NCCc2c[nH]c3ccccc23)n1. The number of carbonyl (C=O) groups is 1. The fourth-order valence-corrected chi connectivity index (χ4v) is 3.46. The Hall–Kier alpha value is -2.97. The number of aromatic nitrogens is 3. The van der Waals surface area contributed by atoms with Crippen LogP contribution in [0.25, 0.3) is 10.9 Å². The highest BCUT2D eigenvalue weighted by Gasteiger charge is 2.12. The Kier molecular flexibility index (Phi) is 6.33. The number of ether oxygens (including phenoxy) is 1. The Morgan fingerprint density at radius 3 is 2.93 bits per heavy atom. The van der Waals surface area contributed by atoms with Crippen LogP contribution < -0.4 is 10.6 Å². The van der Waals surface area contributed by atoms with Crippen LogP contribution in [0.3, 0.4) is 0 Å². The van der Waals surface area contributed by atoms with Gasteiger partial charge in [0, 0.05) is 56.0 Å². The van der Waals surface area contributed by atoms with E-state index in [9.17, 15) is 4.79 Å². The smallest absolute Gasteiger partial charge is 0.270 e. The van der Waals surface area contributed by atoms with E-state index in [0.717, 1.165) is 44.8 Å². The van der Waals surface area contributed by atoms with Crippen LogP contribution in [0, 0.1) is 0 Å². The van der Waals surface area contributed by atoms with Gasteiger partial charge >= 0.3 is 0 Å². The van der Waals surface area contributed by atoms with E-state index in [1.165, 1.54) is 10.9 Å². The van der Waals surface area contributed by atoms with Crippen molar-refractivity contribution in [2.45, 2.75) is 6.42 Å². The minimum Gasteiger partial charge on any atom is -0.379 e. The molecule has 0 bridgehead atoms. The summed E-state index contributed by atoms with van der Waals surface area (Å²) in [6, 6.07) is 9.87. The van der Waals surface area contributed by atoms with E-state index < -0.39 is 0 Å². The molecule has 3 N–H and O–H groups in total. The lowest BCUT2D eigenvalue weighted by atomic mass is 10.1. The highest BCUT2D eigenvalue weighted by atomic mass is 16.5. The summed E-state index contributed by atoms with van der Waals surface area (Å²) in [5, 5.41) is 7.37. The van der Waals surface area contributed by atoms with Gasteiger partial charge in [-0.05, 0) is 24.1 Å². The van der Waals surface area contributed by atoms with Crippen molar-refractivity contribution in [1.29, 1.82) is 0 Å². The predicted molar refractivity (Wildman–Crippen MR) is 112 cm³/mol. The first-order valence-corrected chi connectivity index (χ1v) is 10.00. The molecule has 1 aromatic carbocycles. The zero-order valence-corrected chi connectivity index (χ0v) is 16.4. The van der Waals surface area contributed by atoms with Gasteiger partial charge in [-0.2, -0.15) is 0 Å². The molecule has 0 atom stereocenters. The molecule has 0 unspecified atom stereocenters. The fraction of sp³-hybridized carbons (Fsp3) is 0.381. The lowest BCUT2D eigenvalue weighted by Gasteiger charge is -2.26. The number of aromatic amines is 1. The van der Waals surface area contributed by atoms with Gasteiger partial charge in [-0.1, -0.05) is 18.2 Å². The summed E-state index contributed by atoms with van der Waals surface area (Å²) in [4.78, 5) is 26.5. The second-order valence-electron chi connectivity index (χ2n) is 7.01. The molecule has 1 aliphatic rings. The maximum absolute atomic E-state index is 12.4. The first-order valence-electron chi connectivity index (χ1n) is 10.00. The maximum atomic E-state index is 12.4. The number of nitrogens with zero attached hydrogens (tertiary/aromatic N) is 3. The van der Waals surface area contributed by atoms with Crippen LogP contribution >= 0.6 is 0 Å². The van der Waals surface area contributed by atoms with Gasteiger partial charge in [-0.15, -0.1) is 0 Å². The number of fused-ring (bicyclic) bond motifs is 1. The minimum absolute atomic E-state index is 0.180. The van der Waals surface area contributed by atoms with Crippen LogP contribution in [0.15, 0.2) is 42.7 Å². The number of hydrogen-bond donors (Lipinski definition) is 3. The number of H-pyrrole nitrogens is 1. The van der Waals surface area contributed by atoms with Crippen molar-refractivity contribution in [2.75, 3.05) is 51.3 Å². The summed E-state index contributed by atoms with van der Waals surface area (Å²) in [6.07, 6.45) is 4.48. The number of anilines is 1. The summed E-state index contributed by atoms with van der Waals surface area (Å²) in [5.74, 6) is 0.283. The van der Waals surface area contributed by atoms with Gasteiger partial charge in [0.05, 0.1) is 13.2 Å².